The second-order valence-electron chi connectivity index (χ2n) is 5.17. The van der Waals surface area contributed by atoms with Gasteiger partial charge in [0.15, 0.2) is 0 Å². The van der Waals surface area contributed by atoms with Crippen LogP contribution in [-0.2, 0) is 19.1 Å². The summed E-state index contributed by atoms with van der Waals surface area (Å²) in [4.78, 5) is 22.2. The third kappa shape index (κ3) is 7.34. The maximum Gasteiger partial charge on any atom is 0.306 e. The molecule has 1 rings (SSSR count). The quantitative estimate of drug-likeness (QED) is 0.505. The Morgan fingerprint density at radius 1 is 1.15 bits per heavy atom. The molecule has 0 spiro atoms. The highest BCUT2D eigenvalue weighted by molar-refractivity contribution is 6.44. The highest BCUT2D eigenvalue weighted by atomic mass is 35.5. The van der Waals surface area contributed by atoms with Gasteiger partial charge in [-0.05, 0) is 32.1 Å². The predicted molar refractivity (Wildman–Crippen MR) is 77.8 cm³/mol. The summed E-state index contributed by atoms with van der Waals surface area (Å²) in [5, 5.41) is 0. The summed E-state index contributed by atoms with van der Waals surface area (Å²) in [5.41, 5.74) is 0. The van der Waals surface area contributed by atoms with E-state index in [-0.39, 0.29) is 31.5 Å². The largest absolute Gasteiger partial charge is 0.463 e. The highest BCUT2D eigenvalue weighted by Crippen LogP contribution is 2.29. The lowest BCUT2D eigenvalue weighted by Crippen LogP contribution is -2.22. The van der Waals surface area contributed by atoms with Gasteiger partial charge in [0.2, 0.25) is 0 Å². The molecule has 1 aliphatic carbocycles. The zero-order valence-corrected chi connectivity index (χ0v) is 13.3. The predicted octanol–water partition coefficient (Wildman–Crippen LogP) is 3.63. The topological polar surface area (TPSA) is 52.6 Å². The molecule has 0 aromatic carbocycles. The van der Waals surface area contributed by atoms with E-state index in [0.717, 1.165) is 12.8 Å². The van der Waals surface area contributed by atoms with Gasteiger partial charge in [-0.15, -0.1) is 23.2 Å². The number of hydrogen-bond donors (Lipinski definition) is 0. The molecule has 116 valence electrons. The van der Waals surface area contributed by atoms with Gasteiger partial charge in [0.25, 0.3) is 0 Å². The van der Waals surface area contributed by atoms with Crippen LogP contribution in [0, 0.1) is 5.92 Å². The first kappa shape index (κ1) is 17.6. The lowest BCUT2D eigenvalue weighted by Gasteiger charge is -2.19. The van der Waals surface area contributed by atoms with Gasteiger partial charge in [0, 0.05) is 12.8 Å². The maximum atomic E-state index is 11.6. The monoisotopic (exact) mass is 324 g/mol. The first-order chi connectivity index (χ1) is 9.49. The maximum absolute atomic E-state index is 11.6. The number of halogens is 2. The summed E-state index contributed by atoms with van der Waals surface area (Å²) in [6.45, 7) is 1.92. The number of hydrogen-bond acceptors (Lipinski definition) is 4. The molecule has 0 radical (unpaired) electrons. The highest BCUT2D eigenvalue weighted by Gasteiger charge is 2.24. The molecule has 1 aliphatic rings. The van der Waals surface area contributed by atoms with Gasteiger partial charge < -0.3 is 9.47 Å². The average Bonchev–Trinajstić information content (AvgIpc) is 2.90. The number of esters is 2. The van der Waals surface area contributed by atoms with E-state index in [0.29, 0.717) is 12.3 Å². The Balaban J connectivity index is 2.08. The Morgan fingerprint density at radius 2 is 1.75 bits per heavy atom. The standard InChI is InChI=1S/C14H22Cl2O4/c1-10(11-5-2-3-6-11)20-14(18)8-4-7-13(17)19-9-12(15)16/h10-12H,2-9H2,1H3. The fraction of sp³-hybridized carbons (Fsp3) is 0.857. The van der Waals surface area contributed by atoms with Crippen molar-refractivity contribution in [2.24, 2.45) is 5.92 Å². The lowest BCUT2D eigenvalue weighted by atomic mass is 10.0. The van der Waals surface area contributed by atoms with Crippen molar-refractivity contribution in [3.8, 4) is 0 Å². The Kier molecular flexibility index (Phi) is 8.31. The van der Waals surface area contributed by atoms with E-state index >= 15 is 0 Å². The van der Waals surface area contributed by atoms with Gasteiger partial charge in [-0.2, -0.15) is 0 Å². The van der Waals surface area contributed by atoms with Gasteiger partial charge in [-0.1, -0.05) is 12.8 Å². The molecular weight excluding hydrogens is 303 g/mol. The summed E-state index contributed by atoms with van der Waals surface area (Å²) in [7, 11) is 0. The fourth-order valence-corrected chi connectivity index (χ4v) is 2.52. The molecule has 1 saturated carbocycles. The number of carbonyl (C=O) groups is 2. The molecule has 0 amide bonds. The van der Waals surface area contributed by atoms with Gasteiger partial charge in [0.05, 0.1) is 0 Å². The van der Waals surface area contributed by atoms with Crippen LogP contribution in [0.5, 0.6) is 0 Å². The molecule has 0 saturated heterocycles. The molecule has 6 heteroatoms. The van der Waals surface area contributed by atoms with Gasteiger partial charge >= 0.3 is 11.9 Å². The van der Waals surface area contributed by atoms with E-state index in [4.69, 9.17) is 32.7 Å². The van der Waals surface area contributed by atoms with Crippen LogP contribution in [0.15, 0.2) is 0 Å². The van der Waals surface area contributed by atoms with E-state index in [1.165, 1.54) is 12.8 Å². The number of rotatable bonds is 8. The van der Waals surface area contributed by atoms with Crippen molar-refractivity contribution in [1.29, 1.82) is 0 Å². The van der Waals surface area contributed by atoms with Crippen LogP contribution in [0.2, 0.25) is 0 Å². The van der Waals surface area contributed by atoms with Crippen LogP contribution >= 0.6 is 23.2 Å². The number of alkyl halides is 2. The minimum absolute atomic E-state index is 0.0227. The Bertz CT molecular complexity index is 314. The zero-order chi connectivity index (χ0) is 15.0. The molecule has 0 heterocycles. The van der Waals surface area contributed by atoms with Crippen molar-refractivity contribution in [2.75, 3.05) is 6.61 Å². The second kappa shape index (κ2) is 9.46. The molecule has 1 atom stereocenters. The van der Waals surface area contributed by atoms with Crippen LogP contribution in [0.25, 0.3) is 0 Å². The van der Waals surface area contributed by atoms with Crippen LogP contribution in [0.1, 0.15) is 51.9 Å². The van der Waals surface area contributed by atoms with E-state index in [1.807, 2.05) is 6.92 Å². The summed E-state index contributed by atoms with van der Waals surface area (Å²) in [6, 6.07) is 0. The second-order valence-corrected chi connectivity index (χ2v) is 6.44. The van der Waals surface area contributed by atoms with Crippen molar-refractivity contribution in [1.82, 2.24) is 0 Å². The zero-order valence-electron chi connectivity index (χ0n) is 11.8. The van der Waals surface area contributed by atoms with E-state index in [9.17, 15) is 9.59 Å². The summed E-state index contributed by atoms with van der Waals surface area (Å²) in [6.07, 6.45) is 5.53. The van der Waals surface area contributed by atoms with Crippen molar-refractivity contribution < 1.29 is 19.1 Å². The Morgan fingerprint density at radius 3 is 2.35 bits per heavy atom. The molecule has 20 heavy (non-hydrogen) atoms. The smallest absolute Gasteiger partial charge is 0.306 e. The minimum Gasteiger partial charge on any atom is -0.463 e. The Labute approximate surface area is 130 Å². The minimum atomic E-state index is -0.712. The molecule has 0 N–H and O–H groups in total. The van der Waals surface area contributed by atoms with E-state index < -0.39 is 10.8 Å². The molecule has 1 unspecified atom stereocenters. The first-order valence-corrected chi connectivity index (χ1v) is 7.99. The molecule has 1 fully saturated rings. The van der Waals surface area contributed by atoms with Crippen LogP contribution in [0.4, 0.5) is 0 Å². The first-order valence-electron chi connectivity index (χ1n) is 7.12. The molecule has 0 aliphatic heterocycles. The molecule has 0 aromatic rings. The van der Waals surface area contributed by atoms with Crippen molar-refractivity contribution in [3.05, 3.63) is 0 Å². The normalized spacial score (nSPS) is 17.2. The van der Waals surface area contributed by atoms with Crippen molar-refractivity contribution >= 4 is 35.1 Å². The van der Waals surface area contributed by atoms with Gasteiger partial charge in [-0.25, -0.2) is 0 Å². The third-order valence-electron chi connectivity index (χ3n) is 3.51. The van der Waals surface area contributed by atoms with Gasteiger partial charge in [-0.3, -0.25) is 9.59 Å². The molecular formula is C14H22Cl2O4. The van der Waals surface area contributed by atoms with E-state index in [2.05, 4.69) is 0 Å². The summed E-state index contributed by atoms with van der Waals surface area (Å²) >= 11 is 10.9. The fourth-order valence-electron chi connectivity index (χ4n) is 2.39. The van der Waals surface area contributed by atoms with Crippen LogP contribution in [-0.4, -0.2) is 29.5 Å². The molecule has 0 aromatic heterocycles. The van der Waals surface area contributed by atoms with Gasteiger partial charge in [0.1, 0.15) is 17.5 Å². The number of ether oxygens (including phenoxy) is 2. The SMILES string of the molecule is CC(OC(=O)CCCC(=O)OCC(Cl)Cl)C1CCCC1. The summed E-state index contributed by atoms with van der Waals surface area (Å²) in [5.74, 6) is -0.147. The third-order valence-corrected chi connectivity index (χ3v) is 3.77. The van der Waals surface area contributed by atoms with E-state index in [1.54, 1.807) is 0 Å². The molecule has 4 nitrogen and oxygen atoms in total. The number of carbonyl (C=O) groups excluding carboxylic acids is 2. The molecule has 0 bridgehead atoms. The van der Waals surface area contributed by atoms with Crippen molar-refractivity contribution in [2.45, 2.75) is 62.8 Å². The Hall–Kier alpha value is -0.480. The summed E-state index contributed by atoms with van der Waals surface area (Å²) < 4.78 is 10.2. The van der Waals surface area contributed by atoms with Crippen LogP contribution < -0.4 is 0 Å². The van der Waals surface area contributed by atoms with Crippen LogP contribution in [0.3, 0.4) is 0 Å². The van der Waals surface area contributed by atoms with Crippen molar-refractivity contribution in [3.63, 3.8) is 0 Å². The average molecular weight is 325 g/mol. The lowest BCUT2D eigenvalue weighted by molar-refractivity contribution is -0.151.